The quantitative estimate of drug-likeness (QED) is 0.554. The van der Waals surface area contributed by atoms with E-state index in [1.807, 2.05) is 0 Å². The first-order valence-electron chi connectivity index (χ1n) is 9.38. The molecule has 3 aromatic rings. The molecule has 31 heavy (non-hydrogen) atoms. The van der Waals surface area contributed by atoms with E-state index in [2.05, 4.69) is 15.7 Å². The third-order valence-corrected chi connectivity index (χ3v) is 5.27. The van der Waals surface area contributed by atoms with Crippen LogP contribution < -0.4 is 15.4 Å². The normalized spacial score (nSPS) is 18.1. The smallest absolute Gasteiger partial charge is 0.410 e. The predicted octanol–water partition coefficient (Wildman–Crippen LogP) is 5.46. The third-order valence-electron chi connectivity index (χ3n) is 5.02. The zero-order valence-electron chi connectivity index (χ0n) is 16.3. The van der Waals surface area contributed by atoms with Crippen LogP contribution in [0.5, 0.6) is 5.75 Å². The summed E-state index contributed by atoms with van der Waals surface area (Å²) < 4.78 is 47.5. The number of hydrogen-bond donors (Lipinski definition) is 2. The summed E-state index contributed by atoms with van der Waals surface area (Å²) in [6.07, 6.45) is -4.81. The second-order valence-electron chi connectivity index (χ2n) is 7.09. The Balaban J connectivity index is 1.64. The Morgan fingerprint density at radius 3 is 2.65 bits per heavy atom. The van der Waals surface area contributed by atoms with Crippen molar-refractivity contribution in [3.63, 3.8) is 0 Å². The highest BCUT2D eigenvalue weighted by molar-refractivity contribution is 6.30. The van der Waals surface area contributed by atoms with Gasteiger partial charge in [-0.15, -0.1) is 0 Å². The number of halogens is 4. The predicted molar refractivity (Wildman–Crippen MR) is 111 cm³/mol. The van der Waals surface area contributed by atoms with Gasteiger partial charge in [-0.2, -0.15) is 18.3 Å². The molecule has 162 valence electrons. The molecule has 1 aliphatic rings. The van der Waals surface area contributed by atoms with E-state index in [0.717, 1.165) is 4.68 Å². The fourth-order valence-corrected chi connectivity index (χ4v) is 3.62. The average molecular weight is 451 g/mol. The maximum atomic E-state index is 13.8. The lowest BCUT2D eigenvalue weighted by Gasteiger charge is -2.33. The number of nitrogens with zero attached hydrogens (tertiary/aromatic N) is 2. The van der Waals surface area contributed by atoms with Crippen LogP contribution in [0.3, 0.4) is 0 Å². The summed E-state index contributed by atoms with van der Waals surface area (Å²) in [5.41, 5.74) is 0.973. The van der Waals surface area contributed by atoms with Crippen LogP contribution >= 0.6 is 11.6 Å². The molecule has 2 N–H and O–H groups in total. The first kappa shape index (κ1) is 21.0. The lowest BCUT2D eigenvalue weighted by molar-refractivity contribution is -0.173. The Hall–Kier alpha value is -3.20. The highest BCUT2D eigenvalue weighted by atomic mass is 35.5. The van der Waals surface area contributed by atoms with Gasteiger partial charge >= 0.3 is 6.18 Å². The molecule has 0 fully saturated rings. The number of hydrogen-bond acceptors (Lipinski definition) is 4. The molecule has 0 spiro atoms. The van der Waals surface area contributed by atoms with E-state index in [4.69, 9.17) is 16.3 Å². The highest BCUT2D eigenvalue weighted by Crippen LogP contribution is 2.44. The summed E-state index contributed by atoms with van der Waals surface area (Å²) in [6.45, 7) is 0. The number of fused-ring (bicyclic) bond motifs is 1. The first-order valence-corrected chi connectivity index (χ1v) is 9.76. The molecule has 0 saturated heterocycles. The third kappa shape index (κ3) is 4.46. The van der Waals surface area contributed by atoms with Crippen molar-refractivity contribution in [1.29, 1.82) is 0 Å². The van der Waals surface area contributed by atoms with Crippen molar-refractivity contribution in [3.8, 4) is 5.75 Å². The number of rotatable bonds is 4. The number of carbonyl (C=O) groups excluding carboxylic acids is 1. The molecule has 2 heterocycles. The Morgan fingerprint density at radius 2 is 1.97 bits per heavy atom. The number of methoxy groups -OCH3 is 1. The van der Waals surface area contributed by atoms with Crippen LogP contribution in [-0.2, 0) is 0 Å². The van der Waals surface area contributed by atoms with Gasteiger partial charge < -0.3 is 15.4 Å². The lowest BCUT2D eigenvalue weighted by atomic mass is 9.97. The highest BCUT2D eigenvalue weighted by Gasteiger charge is 2.46. The van der Waals surface area contributed by atoms with Crippen LogP contribution in [0.2, 0.25) is 5.02 Å². The minimum absolute atomic E-state index is 0.114. The molecule has 4 rings (SSSR count). The summed E-state index contributed by atoms with van der Waals surface area (Å²) in [7, 11) is 1.49. The number of amides is 1. The van der Waals surface area contributed by atoms with Crippen LogP contribution in [-0.4, -0.2) is 29.0 Å². The molecule has 0 saturated carbocycles. The van der Waals surface area contributed by atoms with E-state index >= 15 is 0 Å². The number of anilines is 2. The van der Waals surface area contributed by atoms with Gasteiger partial charge in [-0.3, -0.25) is 4.79 Å². The zero-order valence-corrected chi connectivity index (χ0v) is 17.0. The van der Waals surface area contributed by atoms with E-state index in [0.29, 0.717) is 22.0 Å². The van der Waals surface area contributed by atoms with Crippen LogP contribution in [0.4, 0.5) is 24.7 Å². The molecule has 6 nitrogen and oxygen atoms in total. The van der Waals surface area contributed by atoms with Gasteiger partial charge in [-0.05, 0) is 42.0 Å². The standard InChI is InChI=1S/C21H18ClF3N4O2/c1-31-15-4-2-3-12(9-15)16-10-18(21(23,24)25)29-19(27-16)11-17(28-29)20(30)26-14-7-5-13(22)6-8-14/h2-9,11,16,18,27H,10H2,1H3,(H,26,30)/t16-,18-/m1/s1. The molecule has 0 bridgehead atoms. The second kappa shape index (κ2) is 8.14. The Morgan fingerprint density at radius 1 is 1.23 bits per heavy atom. The molecule has 0 aliphatic carbocycles. The molecule has 10 heteroatoms. The van der Waals surface area contributed by atoms with Gasteiger partial charge in [0.15, 0.2) is 11.7 Å². The first-order chi connectivity index (χ1) is 14.7. The monoisotopic (exact) mass is 450 g/mol. The van der Waals surface area contributed by atoms with Gasteiger partial charge in [-0.1, -0.05) is 23.7 Å². The van der Waals surface area contributed by atoms with Crippen molar-refractivity contribution in [2.75, 3.05) is 17.7 Å². The van der Waals surface area contributed by atoms with Gasteiger partial charge in [-0.25, -0.2) is 4.68 Å². The topological polar surface area (TPSA) is 68.2 Å². The Kier molecular flexibility index (Phi) is 5.53. The summed E-state index contributed by atoms with van der Waals surface area (Å²) in [4.78, 5) is 12.6. The number of nitrogens with one attached hydrogen (secondary N) is 2. The van der Waals surface area contributed by atoms with Crippen LogP contribution in [0.1, 0.15) is 34.6 Å². The van der Waals surface area contributed by atoms with Crippen molar-refractivity contribution in [2.45, 2.75) is 24.7 Å². The van der Waals surface area contributed by atoms with Crippen LogP contribution in [0.25, 0.3) is 0 Å². The van der Waals surface area contributed by atoms with Crippen LogP contribution in [0.15, 0.2) is 54.6 Å². The molecule has 1 aromatic heterocycles. The summed E-state index contributed by atoms with van der Waals surface area (Å²) in [6, 6.07) is 12.0. The maximum Gasteiger partial charge on any atom is 0.410 e. The Labute approximate surface area is 181 Å². The largest absolute Gasteiger partial charge is 0.497 e. The number of alkyl halides is 3. The van der Waals surface area contributed by atoms with E-state index in [-0.39, 0.29) is 17.9 Å². The lowest BCUT2D eigenvalue weighted by Crippen LogP contribution is -2.35. The number of carbonyl (C=O) groups is 1. The number of ether oxygens (including phenoxy) is 1. The Bertz CT molecular complexity index is 1100. The minimum atomic E-state index is -4.54. The fraction of sp³-hybridized carbons (Fsp3) is 0.238. The van der Waals surface area contributed by atoms with Crippen molar-refractivity contribution < 1.29 is 22.7 Å². The van der Waals surface area contributed by atoms with Crippen molar-refractivity contribution in [1.82, 2.24) is 9.78 Å². The molecule has 2 aromatic carbocycles. The number of aromatic nitrogens is 2. The molecule has 1 aliphatic heterocycles. The van der Waals surface area contributed by atoms with Gasteiger partial charge in [0.05, 0.1) is 13.2 Å². The summed E-state index contributed by atoms with van der Waals surface area (Å²) in [5, 5.41) is 10.1. The zero-order chi connectivity index (χ0) is 22.2. The van der Waals surface area contributed by atoms with Crippen molar-refractivity contribution >= 4 is 29.0 Å². The van der Waals surface area contributed by atoms with Gasteiger partial charge in [0.2, 0.25) is 0 Å². The van der Waals surface area contributed by atoms with Crippen LogP contribution in [0, 0.1) is 0 Å². The number of benzene rings is 2. The molecular formula is C21H18ClF3N4O2. The fourth-order valence-electron chi connectivity index (χ4n) is 3.49. The second-order valence-corrected chi connectivity index (χ2v) is 7.52. The van der Waals surface area contributed by atoms with Crippen molar-refractivity contribution in [3.05, 3.63) is 70.9 Å². The SMILES string of the molecule is COc1cccc([C@H]2C[C@H](C(F)(F)F)n3nc(C(=O)Nc4ccc(Cl)cc4)cc3N2)c1. The maximum absolute atomic E-state index is 13.8. The van der Waals surface area contributed by atoms with E-state index < -0.39 is 24.2 Å². The molecule has 1 amide bonds. The van der Waals surface area contributed by atoms with Gasteiger partial charge in [0.1, 0.15) is 11.6 Å². The van der Waals surface area contributed by atoms with Crippen molar-refractivity contribution in [2.24, 2.45) is 0 Å². The summed E-state index contributed by atoms with van der Waals surface area (Å²) in [5.74, 6) is 0.0394. The molecule has 0 radical (unpaired) electrons. The van der Waals surface area contributed by atoms with Gasteiger partial charge in [0, 0.05) is 23.2 Å². The van der Waals surface area contributed by atoms with E-state index in [9.17, 15) is 18.0 Å². The molecule has 0 unspecified atom stereocenters. The average Bonchev–Trinajstić information content (AvgIpc) is 3.18. The summed E-state index contributed by atoms with van der Waals surface area (Å²) >= 11 is 5.82. The minimum Gasteiger partial charge on any atom is -0.497 e. The van der Waals surface area contributed by atoms with E-state index in [1.165, 1.54) is 13.2 Å². The molecular weight excluding hydrogens is 433 g/mol. The van der Waals surface area contributed by atoms with E-state index in [1.54, 1.807) is 48.5 Å². The molecule has 2 atom stereocenters. The van der Waals surface area contributed by atoms with Gasteiger partial charge in [0.25, 0.3) is 5.91 Å².